The van der Waals surface area contributed by atoms with E-state index >= 15 is 0 Å². The molecule has 0 radical (unpaired) electrons. The lowest BCUT2D eigenvalue weighted by molar-refractivity contribution is 0.102. The van der Waals surface area contributed by atoms with Crippen molar-refractivity contribution in [3.63, 3.8) is 0 Å². The van der Waals surface area contributed by atoms with Crippen molar-refractivity contribution in [2.24, 2.45) is 0 Å². The molecule has 1 aromatic heterocycles. The average molecular weight is 299 g/mol. The monoisotopic (exact) mass is 298 g/mol. The van der Waals surface area contributed by atoms with Gasteiger partial charge in [0, 0.05) is 27.8 Å². The smallest absolute Gasteiger partial charge is 0.257 e. The molecule has 106 valence electrons. The number of carbonyl (C=O) groups is 1. The predicted octanol–water partition coefficient (Wildman–Crippen LogP) is 4.69. The third-order valence-corrected chi connectivity index (χ3v) is 3.89. The van der Waals surface area contributed by atoms with Crippen LogP contribution in [0.25, 0.3) is 10.9 Å². The topological polar surface area (TPSA) is 44.9 Å². The van der Waals surface area contributed by atoms with Crippen LogP contribution >= 0.6 is 11.6 Å². The third-order valence-electron chi connectivity index (χ3n) is 3.65. The van der Waals surface area contributed by atoms with E-state index in [1.165, 1.54) is 5.56 Å². The Morgan fingerprint density at radius 3 is 2.67 bits per heavy atom. The molecule has 3 aromatic rings. The molecule has 1 amide bonds. The van der Waals surface area contributed by atoms with Gasteiger partial charge >= 0.3 is 0 Å². The van der Waals surface area contributed by atoms with Gasteiger partial charge in [-0.25, -0.2) is 0 Å². The molecule has 3 nitrogen and oxygen atoms in total. The highest BCUT2D eigenvalue weighted by Crippen LogP contribution is 2.23. The molecule has 0 fully saturated rings. The van der Waals surface area contributed by atoms with Gasteiger partial charge in [0.25, 0.3) is 5.91 Å². The minimum absolute atomic E-state index is 0.133. The van der Waals surface area contributed by atoms with Crippen LogP contribution in [0, 0.1) is 13.8 Å². The minimum Gasteiger partial charge on any atom is -0.360 e. The van der Waals surface area contributed by atoms with Gasteiger partial charge in [0.2, 0.25) is 0 Å². The maximum atomic E-state index is 12.4. The molecule has 2 aromatic carbocycles. The van der Waals surface area contributed by atoms with E-state index in [0.29, 0.717) is 10.6 Å². The van der Waals surface area contributed by atoms with Crippen LogP contribution in [-0.2, 0) is 0 Å². The van der Waals surface area contributed by atoms with Crippen LogP contribution in [0.3, 0.4) is 0 Å². The number of aryl methyl sites for hydroxylation is 2. The summed E-state index contributed by atoms with van der Waals surface area (Å²) in [7, 11) is 0. The molecule has 0 saturated carbocycles. The standard InChI is InChI=1S/C17H15ClN2O/c1-10-3-5-13(7-11(10)2)20-17(21)15-9-19-16-8-12(18)4-6-14(15)16/h3-9,19H,1-2H3,(H,20,21). The molecule has 0 aliphatic heterocycles. The molecule has 0 atom stereocenters. The first-order valence-corrected chi connectivity index (χ1v) is 7.07. The summed E-state index contributed by atoms with van der Waals surface area (Å²) in [5.74, 6) is -0.133. The number of hydrogen-bond acceptors (Lipinski definition) is 1. The Balaban J connectivity index is 1.91. The fourth-order valence-electron chi connectivity index (χ4n) is 2.30. The summed E-state index contributed by atoms with van der Waals surface area (Å²) in [5.41, 5.74) is 4.62. The quantitative estimate of drug-likeness (QED) is 0.708. The third kappa shape index (κ3) is 2.65. The predicted molar refractivity (Wildman–Crippen MR) is 87.2 cm³/mol. The van der Waals surface area contributed by atoms with Crippen molar-refractivity contribution in [2.45, 2.75) is 13.8 Å². The molecule has 0 bridgehead atoms. The summed E-state index contributed by atoms with van der Waals surface area (Å²) in [6.45, 7) is 4.07. The zero-order valence-corrected chi connectivity index (χ0v) is 12.6. The van der Waals surface area contributed by atoms with Gasteiger partial charge in [0.15, 0.2) is 0 Å². The number of nitrogens with one attached hydrogen (secondary N) is 2. The summed E-state index contributed by atoms with van der Waals surface area (Å²) >= 11 is 5.95. The van der Waals surface area contributed by atoms with Crippen molar-refractivity contribution in [1.29, 1.82) is 0 Å². The van der Waals surface area contributed by atoms with E-state index in [-0.39, 0.29) is 5.91 Å². The number of amides is 1. The highest BCUT2D eigenvalue weighted by Gasteiger charge is 2.12. The summed E-state index contributed by atoms with van der Waals surface area (Å²) < 4.78 is 0. The van der Waals surface area contributed by atoms with Crippen LogP contribution in [0.2, 0.25) is 5.02 Å². The number of aromatic nitrogens is 1. The largest absolute Gasteiger partial charge is 0.360 e. The number of aromatic amines is 1. The van der Waals surface area contributed by atoms with Gasteiger partial charge in [0.05, 0.1) is 5.56 Å². The van der Waals surface area contributed by atoms with Crippen LogP contribution < -0.4 is 5.32 Å². The number of halogens is 1. The van der Waals surface area contributed by atoms with Gasteiger partial charge in [-0.1, -0.05) is 23.7 Å². The first kappa shape index (κ1) is 13.7. The summed E-state index contributed by atoms with van der Waals surface area (Å²) in [5, 5.41) is 4.43. The summed E-state index contributed by atoms with van der Waals surface area (Å²) in [6.07, 6.45) is 1.71. The molecule has 2 N–H and O–H groups in total. The summed E-state index contributed by atoms with van der Waals surface area (Å²) in [4.78, 5) is 15.5. The molecule has 1 heterocycles. The van der Waals surface area contributed by atoms with E-state index in [0.717, 1.165) is 22.2 Å². The lowest BCUT2D eigenvalue weighted by Gasteiger charge is -2.07. The number of rotatable bonds is 2. The fraction of sp³-hybridized carbons (Fsp3) is 0.118. The SMILES string of the molecule is Cc1ccc(NC(=O)c2c[nH]c3cc(Cl)ccc23)cc1C. The minimum atomic E-state index is -0.133. The Morgan fingerprint density at radius 2 is 1.90 bits per heavy atom. The first-order chi connectivity index (χ1) is 10.0. The van der Waals surface area contributed by atoms with E-state index < -0.39 is 0 Å². The molecular weight excluding hydrogens is 284 g/mol. The molecule has 0 aliphatic rings. The second-order valence-corrected chi connectivity index (χ2v) is 5.58. The Hall–Kier alpha value is -2.26. The van der Waals surface area contributed by atoms with Crippen LogP contribution in [-0.4, -0.2) is 10.9 Å². The van der Waals surface area contributed by atoms with Crippen molar-refractivity contribution in [2.75, 3.05) is 5.32 Å². The Kier molecular flexibility index (Phi) is 3.43. The number of benzene rings is 2. The highest BCUT2D eigenvalue weighted by atomic mass is 35.5. The van der Waals surface area contributed by atoms with Gasteiger partial charge in [-0.05, 0) is 49.2 Å². The van der Waals surface area contributed by atoms with Gasteiger partial charge in [-0.3, -0.25) is 4.79 Å². The first-order valence-electron chi connectivity index (χ1n) is 6.70. The Labute approximate surface area is 127 Å². The van der Waals surface area contributed by atoms with Crippen LogP contribution in [0.4, 0.5) is 5.69 Å². The highest BCUT2D eigenvalue weighted by molar-refractivity contribution is 6.31. The van der Waals surface area contributed by atoms with Crippen molar-refractivity contribution < 1.29 is 4.79 Å². The van der Waals surface area contributed by atoms with Crippen LogP contribution in [0.15, 0.2) is 42.6 Å². The Bertz CT molecular complexity index is 836. The molecule has 0 spiro atoms. The number of H-pyrrole nitrogens is 1. The second kappa shape index (κ2) is 5.26. The molecule has 0 unspecified atom stereocenters. The van der Waals surface area contributed by atoms with E-state index in [1.807, 2.05) is 44.2 Å². The van der Waals surface area contributed by atoms with Crippen molar-refractivity contribution in [1.82, 2.24) is 4.98 Å². The van der Waals surface area contributed by atoms with E-state index in [9.17, 15) is 4.79 Å². The summed E-state index contributed by atoms with van der Waals surface area (Å²) in [6, 6.07) is 11.3. The normalized spacial score (nSPS) is 10.8. The van der Waals surface area contributed by atoms with E-state index in [1.54, 1.807) is 12.3 Å². The number of carbonyl (C=O) groups excluding carboxylic acids is 1. The van der Waals surface area contributed by atoms with Crippen molar-refractivity contribution >= 4 is 34.1 Å². The maximum Gasteiger partial charge on any atom is 0.257 e. The molecule has 0 saturated heterocycles. The lowest BCUT2D eigenvalue weighted by atomic mass is 10.1. The van der Waals surface area contributed by atoms with Gasteiger partial charge in [-0.15, -0.1) is 0 Å². The average Bonchev–Trinajstić information content (AvgIpc) is 2.85. The van der Waals surface area contributed by atoms with Gasteiger partial charge < -0.3 is 10.3 Å². The van der Waals surface area contributed by atoms with Crippen LogP contribution in [0.1, 0.15) is 21.5 Å². The van der Waals surface area contributed by atoms with Crippen LogP contribution in [0.5, 0.6) is 0 Å². The number of fused-ring (bicyclic) bond motifs is 1. The van der Waals surface area contributed by atoms with Gasteiger partial charge in [0.1, 0.15) is 0 Å². The zero-order chi connectivity index (χ0) is 15.0. The second-order valence-electron chi connectivity index (χ2n) is 5.15. The molecule has 3 rings (SSSR count). The Morgan fingerprint density at radius 1 is 1.10 bits per heavy atom. The lowest BCUT2D eigenvalue weighted by Crippen LogP contribution is -2.11. The van der Waals surface area contributed by atoms with Gasteiger partial charge in [-0.2, -0.15) is 0 Å². The molecule has 21 heavy (non-hydrogen) atoms. The molecule has 4 heteroatoms. The maximum absolute atomic E-state index is 12.4. The van der Waals surface area contributed by atoms with E-state index in [2.05, 4.69) is 10.3 Å². The molecule has 0 aliphatic carbocycles. The fourth-order valence-corrected chi connectivity index (χ4v) is 2.48. The number of hydrogen-bond donors (Lipinski definition) is 2. The van der Waals surface area contributed by atoms with Crippen molar-refractivity contribution in [3.05, 3.63) is 64.3 Å². The van der Waals surface area contributed by atoms with Crippen molar-refractivity contribution in [3.8, 4) is 0 Å². The van der Waals surface area contributed by atoms with E-state index in [4.69, 9.17) is 11.6 Å². The zero-order valence-electron chi connectivity index (χ0n) is 11.8. The molecular formula is C17H15ClN2O. The number of anilines is 1.